The molecule has 1 aromatic carbocycles. The van der Waals surface area contributed by atoms with Crippen molar-refractivity contribution in [2.24, 2.45) is 0 Å². The van der Waals surface area contributed by atoms with Crippen LogP contribution in [0.4, 0.5) is 0 Å². The number of likely N-dealkylation sites (tertiary alicyclic amines) is 1. The number of benzene rings is 1. The van der Waals surface area contributed by atoms with Gasteiger partial charge in [0.25, 0.3) is 0 Å². The van der Waals surface area contributed by atoms with Gasteiger partial charge in [-0.3, -0.25) is 9.78 Å². The largest absolute Gasteiger partial charge is 0.483 e. The fraction of sp³-hybridized carbons (Fsp3) is 0.400. The molecule has 1 fully saturated rings. The number of hydrogen-bond donors (Lipinski definition) is 0. The van der Waals surface area contributed by atoms with E-state index in [4.69, 9.17) is 9.47 Å². The molecule has 1 aromatic heterocycles. The molecule has 0 radical (unpaired) electrons. The fourth-order valence-corrected chi connectivity index (χ4v) is 5.46. The zero-order valence-electron chi connectivity index (χ0n) is 16.2. The summed E-state index contributed by atoms with van der Waals surface area (Å²) in [6.45, 7) is 1.05. The van der Waals surface area contributed by atoms with Crippen molar-refractivity contribution in [1.82, 2.24) is 14.2 Å². The maximum Gasteiger partial charge on any atom is 0.248 e. The lowest BCUT2D eigenvalue weighted by Crippen LogP contribution is -2.49. The molecule has 1 spiro atoms. The van der Waals surface area contributed by atoms with E-state index < -0.39 is 15.6 Å². The Kier molecular flexibility index (Phi) is 5.28. The zero-order valence-corrected chi connectivity index (χ0v) is 17.0. The molecule has 2 aliphatic rings. The lowest BCUT2D eigenvalue weighted by atomic mass is 10.0. The van der Waals surface area contributed by atoms with Crippen LogP contribution in [0, 0.1) is 0 Å². The average molecular weight is 417 g/mol. The molecule has 0 saturated carbocycles. The van der Waals surface area contributed by atoms with Crippen LogP contribution in [0.5, 0.6) is 5.75 Å². The highest BCUT2D eigenvalue weighted by molar-refractivity contribution is 7.89. The molecule has 1 amide bonds. The highest BCUT2D eigenvalue weighted by atomic mass is 32.2. The maximum absolute atomic E-state index is 13.4. The monoisotopic (exact) mass is 417 g/mol. The number of methoxy groups -OCH3 is 1. The van der Waals surface area contributed by atoms with Crippen molar-refractivity contribution in [2.75, 3.05) is 33.4 Å². The zero-order chi connectivity index (χ0) is 20.5. The van der Waals surface area contributed by atoms with Gasteiger partial charge in [0, 0.05) is 26.3 Å². The Morgan fingerprint density at radius 2 is 2.00 bits per heavy atom. The first kappa shape index (κ1) is 19.8. The van der Waals surface area contributed by atoms with Crippen molar-refractivity contribution in [2.45, 2.75) is 23.5 Å². The van der Waals surface area contributed by atoms with Crippen molar-refractivity contribution in [3.05, 3.63) is 54.4 Å². The third kappa shape index (κ3) is 3.85. The quantitative estimate of drug-likeness (QED) is 0.745. The number of fused-ring (bicyclic) bond motifs is 1. The van der Waals surface area contributed by atoms with Crippen molar-refractivity contribution in [3.8, 4) is 5.75 Å². The first-order valence-electron chi connectivity index (χ1n) is 9.38. The Hall–Kier alpha value is -2.49. The van der Waals surface area contributed by atoms with E-state index in [0.29, 0.717) is 31.0 Å². The number of rotatable bonds is 4. The molecular formula is C20H23N3O5S. The summed E-state index contributed by atoms with van der Waals surface area (Å²) in [7, 11) is -2.31. The molecule has 0 aliphatic carbocycles. The van der Waals surface area contributed by atoms with Crippen molar-refractivity contribution < 1.29 is 22.7 Å². The number of sulfonamides is 1. The van der Waals surface area contributed by atoms with Crippen molar-refractivity contribution >= 4 is 15.9 Å². The Bertz CT molecular complexity index is 998. The second-order valence-corrected chi connectivity index (χ2v) is 9.23. The minimum absolute atomic E-state index is 0.0113. The number of carbonyl (C=O) groups excluding carboxylic acids is 1. The molecule has 2 aliphatic heterocycles. The summed E-state index contributed by atoms with van der Waals surface area (Å²) in [5, 5.41) is 0. The third-order valence-electron chi connectivity index (χ3n) is 5.26. The van der Waals surface area contributed by atoms with Gasteiger partial charge in [-0.25, -0.2) is 8.42 Å². The molecule has 0 N–H and O–H groups in total. The predicted molar refractivity (Wildman–Crippen MR) is 105 cm³/mol. The SMILES string of the molecule is COCC(=O)N1CC[C@]2(C1)CN(Cc1ccccn1)S(=O)(=O)c1ccccc1O2. The van der Waals surface area contributed by atoms with Crippen LogP contribution < -0.4 is 4.74 Å². The van der Waals surface area contributed by atoms with E-state index in [-0.39, 0.29) is 30.5 Å². The summed E-state index contributed by atoms with van der Waals surface area (Å²) >= 11 is 0. The van der Waals surface area contributed by atoms with Crippen LogP contribution in [0.3, 0.4) is 0 Å². The molecule has 3 heterocycles. The van der Waals surface area contributed by atoms with Crippen LogP contribution >= 0.6 is 0 Å². The lowest BCUT2D eigenvalue weighted by molar-refractivity contribution is -0.134. The van der Waals surface area contributed by atoms with E-state index >= 15 is 0 Å². The maximum atomic E-state index is 13.4. The number of carbonyl (C=O) groups is 1. The van der Waals surface area contributed by atoms with Gasteiger partial charge in [0.1, 0.15) is 22.9 Å². The number of nitrogens with zero attached hydrogens (tertiary/aromatic N) is 3. The van der Waals surface area contributed by atoms with E-state index in [1.807, 2.05) is 6.07 Å². The van der Waals surface area contributed by atoms with Gasteiger partial charge in [-0.2, -0.15) is 4.31 Å². The number of para-hydroxylation sites is 1. The Morgan fingerprint density at radius 3 is 2.76 bits per heavy atom. The summed E-state index contributed by atoms with van der Waals surface area (Å²) in [6.07, 6.45) is 2.17. The summed E-state index contributed by atoms with van der Waals surface area (Å²) in [4.78, 5) is 18.4. The highest BCUT2D eigenvalue weighted by Crippen LogP contribution is 2.38. The summed E-state index contributed by atoms with van der Waals surface area (Å²) in [5.74, 6) is 0.182. The summed E-state index contributed by atoms with van der Waals surface area (Å²) < 4.78 is 39.5. The highest BCUT2D eigenvalue weighted by Gasteiger charge is 2.48. The Labute approximate surface area is 170 Å². The van der Waals surface area contributed by atoms with Crippen molar-refractivity contribution in [3.63, 3.8) is 0 Å². The molecular weight excluding hydrogens is 394 g/mol. The van der Waals surface area contributed by atoms with Crippen LogP contribution in [0.25, 0.3) is 0 Å². The summed E-state index contributed by atoms with van der Waals surface area (Å²) in [6, 6.07) is 12.1. The third-order valence-corrected chi connectivity index (χ3v) is 7.09. The Balaban J connectivity index is 1.71. The van der Waals surface area contributed by atoms with E-state index in [2.05, 4.69) is 4.98 Å². The minimum atomic E-state index is -3.79. The topological polar surface area (TPSA) is 89.0 Å². The second-order valence-electron chi connectivity index (χ2n) is 7.32. The minimum Gasteiger partial charge on any atom is -0.483 e. The van der Waals surface area contributed by atoms with E-state index in [0.717, 1.165) is 0 Å². The predicted octanol–water partition coefficient (Wildman–Crippen LogP) is 1.28. The van der Waals surface area contributed by atoms with E-state index in [1.165, 1.54) is 11.4 Å². The van der Waals surface area contributed by atoms with E-state index in [1.54, 1.807) is 47.5 Å². The number of pyridine rings is 1. The van der Waals surface area contributed by atoms with Crippen LogP contribution in [-0.4, -0.2) is 67.5 Å². The fourth-order valence-electron chi connectivity index (χ4n) is 3.86. The van der Waals surface area contributed by atoms with E-state index in [9.17, 15) is 13.2 Å². The lowest BCUT2D eigenvalue weighted by Gasteiger charge is -2.31. The first-order valence-corrected chi connectivity index (χ1v) is 10.8. The molecule has 2 aromatic rings. The molecule has 1 saturated heterocycles. The molecule has 29 heavy (non-hydrogen) atoms. The van der Waals surface area contributed by atoms with Gasteiger partial charge in [0.15, 0.2) is 0 Å². The first-order chi connectivity index (χ1) is 13.9. The van der Waals surface area contributed by atoms with Crippen molar-refractivity contribution in [1.29, 1.82) is 0 Å². The molecule has 0 unspecified atom stereocenters. The van der Waals surface area contributed by atoms with Gasteiger partial charge >= 0.3 is 0 Å². The van der Waals surface area contributed by atoms with Gasteiger partial charge in [-0.1, -0.05) is 18.2 Å². The number of aromatic nitrogens is 1. The normalized spacial score (nSPS) is 23.4. The Morgan fingerprint density at radius 1 is 1.21 bits per heavy atom. The van der Waals surface area contributed by atoms with Crippen LogP contribution in [0.1, 0.15) is 12.1 Å². The molecule has 0 bridgehead atoms. The second kappa shape index (κ2) is 7.74. The van der Waals surface area contributed by atoms with Gasteiger partial charge in [0.05, 0.1) is 25.3 Å². The molecule has 1 atom stereocenters. The number of hydrogen-bond acceptors (Lipinski definition) is 6. The molecule has 8 nitrogen and oxygen atoms in total. The average Bonchev–Trinajstić information content (AvgIpc) is 3.09. The van der Waals surface area contributed by atoms with Gasteiger partial charge in [-0.15, -0.1) is 0 Å². The van der Waals surface area contributed by atoms with Crippen LogP contribution in [0.2, 0.25) is 0 Å². The number of amides is 1. The standard InChI is InChI=1S/C20H23N3O5S/c1-27-13-19(24)22-11-9-20(14-22)15-23(12-16-6-4-5-10-21-16)29(25,26)18-8-3-2-7-17(18)28-20/h2-8,10H,9,11-15H2,1H3/t20-/m0/s1. The molecule has 154 valence electrons. The molecule has 9 heteroatoms. The van der Waals surface area contributed by atoms with Gasteiger partial charge in [-0.05, 0) is 24.3 Å². The number of ether oxygens (including phenoxy) is 2. The van der Waals surface area contributed by atoms with Gasteiger partial charge < -0.3 is 14.4 Å². The van der Waals surface area contributed by atoms with Crippen LogP contribution in [-0.2, 0) is 26.1 Å². The van der Waals surface area contributed by atoms with Gasteiger partial charge in [0.2, 0.25) is 15.9 Å². The summed E-state index contributed by atoms with van der Waals surface area (Å²) in [5.41, 5.74) is -0.173. The molecule has 4 rings (SSSR count). The van der Waals surface area contributed by atoms with Crippen LogP contribution in [0.15, 0.2) is 53.6 Å². The smallest absolute Gasteiger partial charge is 0.248 e.